The van der Waals surface area contributed by atoms with Gasteiger partial charge in [-0.15, -0.1) is 0 Å². The molecular weight excluding hydrogens is 444 g/mol. The summed E-state index contributed by atoms with van der Waals surface area (Å²) in [4.78, 5) is 15.0. The van der Waals surface area contributed by atoms with Crippen molar-refractivity contribution in [3.8, 4) is 6.07 Å². The van der Waals surface area contributed by atoms with E-state index in [0.29, 0.717) is 24.5 Å². The topological polar surface area (TPSA) is 118 Å². The van der Waals surface area contributed by atoms with Crippen molar-refractivity contribution in [1.29, 1.82) is 5.26 Å². The molecule has 0 saturated carbocycles. The average Bonchev–Trinajstić information content (AvgIpc) is 3.10. The predicted molar refractivity (Wildman–Crippen MR) is 134 cm³/mol. The highest BCUT2D eigenvalue weighted by atomic mass is 16.6. The van der Waals surface area contributed by atoms with Gasteiger partial charge in [0.15, 0.2) is 5.82 Å². The highest BCUT2D eigenvalue weighted by Crippen LogP contribution is 2.26. The number of hydrogen-bond acceptors (Lipinski definition) is 7. The smallest absolute Gasteiger partial charge is 0.269 e. The largest absolute Gasteiger partial charge is 0.380 e. The second kappa shape index (κ2) is 10.2. The zero-order valence-electron chi connectivity index (χ0n) is 19.6. The van der Waals surface area contributed by atoms with E-state index < -0.39 is 4.92 Å². The molecule has 0 spiro atoms. The molecule has 0 fully saturated rings. The number of benzene rings is 2. The Kier molecular flexibility index (Phi) is 6.85. The van der Waals surface area contributed by atoms with E-state index in [9.17, 15) is 15.4 Å². The van der Waals surface area contributed by atoms with Crippen LogP contribution in [0.5, 0.6) is 0 Å². The van der Waals surface area contributed by atoms with Gasteiger partial charge >= 0.3 is 0 Å². The molecule has 0 unspecified atom stereocenters. The number of nitro groups is 1. The molecule has 2 aromatic heterocycles. The second-order valence-corrected chi connectivity index (χ2v) is 8.09. The number of nitriles is 1. The first kappa shape index (κ1) is 23.6. The summed E-state index contributed by atoms with van der Waals surface area (Å²) in [6, 6.07) is 18.6. The van der Waals surface area contributed by atoms with Gasteiger partial charge in [-0.05, 0) is 31.5 Å². The van der Waals surface area contributed by atoms with E-state index in [-0.39, 0.29) is 5.69 Å². The number of aryl methyl sites for hydroxylation is 1. The lowest BCUT2D eigenvalue weighted by atomic mass is 10.1. The predicted octanol–water partition coefficient (Wildman–Crippen LogP) is 5.07. The Morgan fingerprint density at radius 1 is 1.23 bits per heavy atom. The number of para-hydroxylation sites is 1. The number of ether oxygens (including phenoxy) is 1. The lowest BCUT2D eigenvalue weighted by Gasteiger charge is -2.09. The number of hydrogen-bond donors (Lipinski definition) is 1. The standard InChI is InChI=1S/C26H24N6O3/c1-17-12-20(16-35-3)23(13-27)26(29-17)30-28-14-24-18(2)31(25-7-5-4-6-22(24)25)15-19-8-10-21(11-9-19)32(33)34/h4-12,14H,15-16H2,1-3H3,(H,29,30). The monoisotopic (exact) mass is 468 g/mol. The minimum atomic E-state index is -0.402. The fraction of sp³-hybridized carbons (Fsp3) is 0.192. The summed E-state index contributed by atoms with van der Waals surface area (Å²) in [5, 5.41) is 26.0. The Labute approximate surface area is 202 Å². The van der Waals surface area contributed by atoms with Gasteiger partial charge in [-0.3, -0.25) is 15.5 Å². The number of nitrogens with zero attached hydrogens (tertiary/aromatic N) is 5. The number of methoxy groups -OCH3 is 1. The average molecular weight is 469 g/mol. The third-order valence-corrected chi connectivity index (χ3v) is 5.77. The number of pyridine rings is 1. The fourth-order valence-corrected chi connectivity index (χ4v) is 4.10. The molecular formula is C26H24N6O3. The van der Waals surface area contributed by atoms with Crippen LogP contribution >= 0.6 is 0 Å². The van der Waals surface area contributed by atoms with Crippen molar-refractivity contribution < 1.29 is 9.66 Å². The molecule has 9 nitrogen and oxygen atoms in total. The third kappa shape index (κ3) is 4.88. The number of aromatic nitrogens is 2. The number of anilines is 1. The van der Waals surface area contributed by atoms with Gasteiger partial charge in [0.2, 0.25) is 0 Å². The molecule has 4 rings (SSSR count). The van der Waals surface area contributed by atoms with Crippen molar-refractivity contribution in [2.75, 3.05) is 12.5 Å². The number of rotatable bonds is 8. The molecule has 2 aromatic carbocycles. The van der Waals surface area contributed by atoms with Crippen molar-refractivity contribution in [2.24, 2.45) is 5.10 Å². The summed E-state index contributed by atoms with van der Waals surface area (Å²) in [7, 11) is 1.58. The number of nitro benzene ring substituents is 1. The van der Waals surface area contributed by atoms with E-state index in [0.717, 1.165) is 39.0 Å². The van der Waals surface area contributed by atoms with Crippen LogP contribution in [-0.4, -0.2) is 27.8 Å². The fourth-order valence-electron chi connectivity index (χ4n) is 4.10. The van der Waals surface area contributed by atoms with Gasteiger partial charge in [-0.25, -0.2) is 4.98 Å². The SMILES string of the molecule is COCc1cc(C)nc(NN=Cc2c(C)n(Cc3ccc([N+](=O)[O-])cc3)c3ccccc23)c1C#N. The van der Waals surface area contributed by atoms with Crippen LogP contribution < -0.4 is 5.43 Å². The van der Waals surface area contributed by atoms with E-state index in [1.165, 1.54) is 12.1 Å². The van der Waals surface area contributed by atoms with Crippen LogP contribution in [0, 0.1) is 35.3 Å². The van der Waals surface area contributed by atoms with E-state index in [2.05, 4.69) is 26.1 Å². The van der Waals surface area contributed by atoms with Crippen molar-refractivity contribution in [3.63, 3.8) is 0 Å². The summed E-state index contributed by atoms with van der Waals surface area (Å²) in [6.07, 6.45) is 1.73. The van der Waals surface area contributed by atoms with E-state index >= 15 is 0 Å². The van der Waals surface area contributed by atoms with Gasteiger partial charge in [-0.1, -0.05) is 30.3 Å². The van der Waals surface area contributed by atoms with Crippen molar-refractivity contribution in [1.82, 2.24) is 9.55 Å². The normalized spacial score (nSPS) is 11.1. The molecule has 1 N–H and O–H groups in total. The Hall–Kier alpha value is -4.55. The molecule has 4 aromatic rings. The Morgan fingerprint density at radius 2 is 1.97 bits per heavy atom. The second-order valence-electron chi connectivity index (χ2n) is 8.09. The summed E-state index contributed by atoms with van der Waals surface area (Å²) in [5.41, 5.74) is 8.79. The third-order valence-electron chi connectivity index (χ3n) is 5.77. The first-order chi connectivity index (χ1) is 16.9. The highest BCUT2D eigenvalue weighted by Gasteiger charge is 2.14. The van der Waals surface area contributed by atoms with Crippen LogP contribution in [0.2, 0.25) is 0 Å². The quantitative estimate of drug-likeness (QED) is 0.219. The summed E-state index contributed by atoms with van der Waals surface area (Å²) in [6.45, 7) is 4.73. The minimum absolute atomic E-state index is 0.0666. The molecule has 0 atom stereocenters. The molecule has 0 aliphatic heterocycles. The summed E-state index contributed by atoms with van der Waals surface area (Å²) in [5.74, 6) is 0.378. The zero-order valence-corrected chi connectivity index (χ0v) is 19.6. The van der Waals surface area contributed by atoms with Gasteiger partial charge in [0.25, 0.3) is 5.69 Å². The number of nitrogens with one attached hydrogen (secondary N) is 1. The molecule has 35 heavy (non-hydrogen) atoms. The lowest BCUT2D eigenvalue weighted by Crippen LogP contribution is -2.04. The van der Waals surface area contributed by atoms with Crippen LogP contribution in [0.1, 0.15) is 33.6 Å². The maximum atomic E-state index is 11.0. The number of non-ortho nitro benzene ring substituents is 1. The van der Waals surface area contributed by atoms with Gasteiger partial charge in [0, 0.05) is 59.2 Å². The minimum Gasteiger partial charge on any atom is -0.380 e. The molecule has 0 saturated heterocycles. The Bertz CT molecular complexity index is 1470. The van der Waals surface area contributed by atoms with E-state index in [4.69, 9.17) is 4.74 Å². The van der Waals surface area contributed by atoms with Gasteiger partial charge < -0.3 is 9.30 Å². The first-order valence-electron chi connectivity index (χ1n) is 10.9. The molecule has 0 radical (unpaired) electrons. The van der Waals surface area contributed by atoms with E-state index in [1.807, 2.05) is 44.2 Å². The van der Waals surface area contributed by atoms with Gasteiger partial charge in [0.05, 0.1) is 17.7 Å². The molecule has 2 heterocycles. The Balaban J connectivity index is 1.67. The van der Waals surface area contributed by atoms with Crippen molar-refractivity contribution in [2.45, 2.75) is 27.0 Å². The van der Waals surface area contributed by atoms with E-state index in [1.54, 1.807) is 25.5 Å². The first-order valence-corrected chi connectivity index (χ1v) is 10.9. The Morgan fingerprint density at radius 3 is 2.66 bits per heavy atom. The maximum absolute atomic E-state index is 11.0. The van der Waals surface area contributed by atoms with Gasteiger partial charge in [0.1, 0.15) is 11.6 Å². The molecule has 0 aliphatic carbocycles. The number of hydrazone groups is 1. The van der Waals surface area contributed by atoms with Crippen LogP contribution in [0.25, 0.3) is 10.9 Å². The molecule has 176 valence electrons. The van der Waals surface area contributed by atoms with Crippen molar-refractivity contribution >= 4 is 28.6 Å². The summed E-state index contributed by atoms with van der Waals surface area (Å²) >= 11 is 0. The maximum Gasteiger partial charge on any atom is 0.269 e. The molecule has 0 aliphatic rings. The zero-order chi connectivity index (χ0) is 24.9. The molecule has 9 heteroatoms. The summed E-state index contributed by atoms with van der Waals surface area (Å²) < 4.78 is 7.36. The van der Waals surface area contributed by atoms with Crippen LogP contribution in [0.3, 0.4) is 0 Å². The van der Waals surface area contributed by atoms with Gasteiger partial charge in [-0.2, -0.15) is 10.4 Å². The van der Waals surface area contributed by atoms with Crippen LogP contribution in [0.15, 0.2) is 59.7 Å². The van der Waals surface area contributed by atoms with Crippen molar-refractivity contribution in [3.05, 3.63) is 98.4 Å². The highest BCUT2D eigenvalue weighted by molar-refractivity contribution is 6.01. The lowest BCUT2D eigenvalue weighted by molar-refractivity contribution is -0.384. The van der Waals surface area contributed by atoms with Crippen LogP contribution in [0.4, 0.5) is 11.5 Å². The molecule has 0 amide bonds. The number of fused-ring (bicyclic) bond motifs is 1. The van der Waals surface area contributed by atoms with Crippen LogP contribution in [-0.2, 0) is 17.9 Å². The molecule has 0 bridgehead atoms.